The van der Waals surface area contributed by atoms with Gasteiger partial charge in [-0.2, -0.15) is 0 Å². The molecule has 108 valence electrons. The van der Waals surface area contributed by atoms with Gasteiger partial charge >= 0.3 is 0 Å². The second-order valence-corrected chi connectivity index (χ2v) is 4.79. The van der Waals surface area contributed by atoms with Crippen LogP contribution in [0.25, 0.3) is 0 Å². The first-order valence-electron chi connectivity index (χ1n) is 6.16. The zero-order valence-electron chi connectivity index (χ0n) is 10.9. The molecular formula is C13H19BrFNO3. The van der Waals surface area contributed by atoms with Crippen LogP contribution in [0.3, 0.4) is 0 Å². The van der Waals surface area contributed by atoms with E-state index in [1.807, 2.05) is 6.92 Å². The Morgan fingerprint density at radius 3 is 2.79 bits per heavy atom. The average molecular weight is 336 g/mol. The summed E-state index contributed by atoms with van der Waals surface area (Å²) in [6, 6.07) is 4.60. The number of aliphatic hydroxyl groups excluding tert-OH is 1. The maximum Gasteiger partial charge on any atom is 0.137 e. The quantitative estimate of drug-likeness (QED) is 0.680. The van der Waals surface area contributed by atoms with Crippen LogP contribution in [0.1, 0.15) is 6.92 Å². The molecule has 1 atom stereocenters. The standard InChI is InChI=1S/C13H19BrFNO3/c1-2-18-5-6-19-9-11(17)8-16-10-3-4-13(15)12(14)7-10/h3-4,7,11,16-17H,2,5-6,8-9H2,1H3. The van der Waals surface area contributed by atoms with Crippen molar-refractivity contribution in [3.63, 3.8) is 0 Å². The average Bonchev–Trinajstić information content (AvgIpc) is 2.40. The van der Waals surface area contributed by atoms with E-state index in [0.29, 0.717) is 30.8 Å². The number of benzene rings is 1. The summed E-state index contributed by atoms with van der Waals surface area (Å²) in [7, 11) is 0. The fourth-order valence-corrected chi connectivity index (χ4v) is 1.76. The Morgan fingerprint density at radius 1 is 1.37 bits per heavy atom. The molecule has 2 N–H and O–H groups in total. The van der Waals surface area contributed by atoms with Crippen molar-refractivity contribution in [2.45, 2.75) is 13.0 Å². The van der Waals surface area contributed by atoms with Crippen LogP contribution in [-0.2, 0) is 9.47 Å². The van der Waals surface area contributed by atoms with Gasteiger partial charge in [0.2, 0.25) is 0 Å². The summed E-state index contributed by atoms with van der Waals surface area (Å²) in [6.45, 7) is 4.15. The highest BCUT2D eigenvalue weighted by Gasteiger charge is 2.05. The molecule has 0 fully saturated rings. The molecule has 0 aliphatic rings. The van der Waals surface area contributed by atoms with E-state index in [-0.39, 0.29) is 12.4 Å². The van der Waals surface area contributed by atoms with Crippen LogP contribution < -0.4 is 5.32 Å². The molecule has 6 heteroatoms. The SMILES string of the molecule is CCOCCOCC(O)CNc1ccc(F)c(Br)c1. The van der Waals surface area contributed by atoms with E-state index < -0.39 is 6.10 Å². The third kappa shape index (κ3) is 6.87. The summed E-state index contributed by atoms with van der Waals surface area (Å²) in [5.41, 5.74) is 0.738. The number of nitrogens with one attached hydrogen (secondary N) is 1. The Morgan fingerprint density at radius 2 is 2.11 bits per heavy atom. The first-order chi connectivity index (χ1) is 9.13. The van der Waals surface area contributed by atoms with Crippen LogP contribution in [0.2, 0.25) is 0 Å². The van der Waals surface area contributed by atoms with E-state index in [2.05, 4.69) is 21.2 Å². The van der Waals surface area contributed by atoms with Crippen LogP contribution in [-0.4, -0.2) is 44.2 Å². The Hall–Kier alpha value is -0.690. The van der Waals surface area contributed by atoms with Crippen molar-refractivity contribution in [3.05, 3.63) is 28.5 Å². The number of halogens is 2. The minimum atomic E-state index is -0.620. The Bertz CT molecular complexity index is 379. The number of ether oxygens (including phenoxy) is 2. The second-order valence-electron chi connectivity index (χ2n) is 3.94. The summed E-state index contributed by atoms with van der Waals surface area (Å²) in [4.78, 5) is 0. The highest BCUT2D eigenvalue weighted by Crippen LogP contribution is 2.19. The summed E-state index contributed by atoms with van der Waals surface area (Å²) in [5, 5.41) is 12.7. The molecule has 1 aromatic rings. The number of aliphatic hydroxyl groups is 1. The predicted octanol–water partition coefficient (Wildman–Crippen LogP) is 2.41. The molecule has 4 nitrogen and oxygen atoms in total. The van der Waals surface area contributed by atoms with Gasteiger partial charge in [0.25, 0.3) is 0 Å². The molecule has 19 heavy (non-hydrogen) atoms. The molecule has 0 saturated heterocycles. The zero-order chi connectivity index (χ0) is 14.1. The highest BCUT2D eigenvalue weighted by molar-refractivity contribution is 9.10. The lowest BCUT2D eigenvalue weighted by molar-refractivity contribution is 0.0103. The van der Waals surface area contributed by atoms with Crippen molar-refractivity contribution in [1.29, 1.82) is 0 Å². The lowest BCUT2D eigenvalue weighted by Gasteiger charge is -2.13. The smallest absolute Gasteiger partial charge is 0.137 e. The van der Waals surface area contributed by atoms with Gasteiger partial charge < -0.3 is 19.9 Å². The minimum Gasteiger partial charge on any atom is -0.389 e. The lowest BCUT2D eigenvalue weighted by atomic mass is 10.3. The van der Waals surface area contributed by atoms with Gasteiger partial charge in [0.1, 0.15) is 5.82 Å². The van der Waals surface area contributed by atoms with Crippen LogP contribution >= 0.6 is 15.9 Å². The van der Waals surface area contributed by atoms with Crippen molar-refractivity contribution in [2.24, 2.45) is 0 Å². The van der Waals surface area contributed by atoms with Crippen LogP contribution in [0, 0.1) is 5.82 Å². The molecular weight excluding hydrogens is 317 g/mol. The van der Waals surface area contributed by atoms with Crippen molar-refractivity contribution in [2.75, 3.05) is 38.3 Å². The molecule has 1 rings (SSSR count). The number of rotatable bonds is 9. The monoisotopic (exact) mass is 335 g/mol. The number of anilines is 1. The van der Waals surface area contributed by atoms with Gasteiger partial charge in [-0.1, -0.05) is 0 Å². The summed E-state index contributed by atoms with van der Waals surface area (Å²) < 4.78 is 23.7. The zero-order valence-corrected chi connectivity index (χ0v) is 12.5. The molecule has 1 aromatic carbocycles. The van der Waals surface area contributed by atoms with Gasteiger partial charge in [-0.15, -0.1) is 0 Å². The van der Waals surface area contributed by atoms with E-state index in [1.165, 1.54) is 6.07 Å². The van der Waals surface area contributed by atoms with E-state index in [4.69, 9.17) is 9.47 Å². The summed E-state index contributed by atoms with van der Waals surface area (Å²) in [5.74, 6) is -0.314. The van der Waals surface area contributed by atoms with Gasteiger partial charge in [0, 0.05) is 18.8 Å². The molecule has 0 spiro atoms. The topological polar surface area (TPSA) is 50.7 Å². The summed E-state index contributed by atoms with van der Waals surface area (Å²) in [6.07, 6.45) is -0.620. The van der Waals surface area contributed by atoms with Crippen LogP contribution in [0.4, 0.5) is 10.1 Å². The Labute approximate surface area is 121 Å². The van der Waals surface area contributed by atoms with E-state index in [0.717, 1.165) is 5.69 Å². The maximum atomic E-state index is 13.0. The molecule has 1 unspecified atom stereocenters. The normalized spacial score (nSPS) is 12.4. The van der Waals surface area contributed by atoms with Crippen molar-refractivity contribution in [1.82, 2.24) is 0 Å². The van der Waals surface area contributed by atoms with E-state index >= 15 is 0 Å². The first kappa shape index (κ1) is 16.4. The van der Waals surface area contributed by atoms with Crippen molar-refractivity contribution in [3.8, 4) is 0 Å². The van der Waals surface area contributed by atoms with Gasteiger partial charge in [0.05, 0.1) is 30.4 Å². The third-order valence-electron chi connectivity index (χ3n) is 2.35. The first-order valence-corrected chi connectivity index (χ1v) is 6.95. The fourth-order valence-electron chi connectivity index (χ4n) is 1.38. The minimum absolute atomic E-state index is 0.239. The maximum absolute atomic E-state index is 13.0. The van der Waals surface area contributed by atoms with E-state index in [9.17, 15) is 9.50 Å². The lowest BCUT2D eigenvalue weighted by Crippen LogP contribution is -2.25. The van der Waals surface area contributed by atoms with Crippen LogP contribution in [0.15, 0.2) is 22.7 Å². The largest absolute Gasteiger partial charge is 0.389 e. The number of hydrogen-bond donors (Lipinski definition) is 2. The Kier molecular flexibility index (Phi) is 7.97. The third-order valence-corrected chi connectivity index (χ3v) is 2.96. The van der Waals surface area contributed by atoms with Gasteiger partial charge in [-0.25, -0.2) is 4.39 Å². The molecule has 0 aliphatic carbocycles. The summed E-state index contributed by atoms with van der Waals surface area (Å²) >= 11 is 3.10. The second kappa shape index (κ2) is 9.25. The molecule has 0 amide bonds. The predicted molar refractivity (Wildman–Crippen MR) is 75.9 cm³/mol. The molecule has 0 heterocycles. The fraction of sp³-hybridized carbons (Fsp3) is 0.538. The molecule has 0 aromatic heterocycles. The highest BCUT2D eigenvalue weighted by atomic mass is 79.9. The molecule has 0 radical (unpaired) electrons. The molecule has 0 saturated carbocycles. The van der Waals surface area contributed by atoms with Gasteiger partial charge in [-0.05, 0) is 41.1 Å². The number of hydrogen-bond acceptors (Lipinski definition) is 4. The Balaban J connectivity index is 2.18. The molecule has 0 bridgehead atoms. The van der Waals surface area contributed by atoms with E-state index in [1.54, 1.807) is 12.1 Å². The van der Waals surface area contributed by atoms with Crippen molar-refractivity contribution < 1.29 is 19.0 Å². The molecule has 0 aliphatic heterocycles. The van der Waals surface area contributed by atoms with Gasteiger partial charge in [0.15, 0.2) is 0 Å². The van der Waals surface area contributed by atoms with Gasteiger partial charge in [-0.3, -0.25) is 0 Å². The van der Waals surface area contributed by atoms with Crippen LogP contribution in [0.5, 0.6) is 0 Å². The van der Waals surface area contributed by atoms with Crippen molar-refractivity contribution >= 4 is 21.6 Å².